The van der Waals surface area contributed by atoms with E-state index in [1.807, 2.05) is 18.2 Å². The summed E-state index contributed by atoms with van der Waals surface area (Å²) in [5, 5.41) is 2.63. The highest BCUT2D eigenvalue weighted by atomic mass is 16.5. The molecule has 4 amide bonds. The van der Waals surface area contributed by atoms with Gasteiger partial charge in [0.15, 0.2) is 11.5 Å². The molecule has 8 heteroatoms. The molecule has 0 spiro atoms. The van der Waals surface area contributed by atoms with Gasteiger partial charge in [-0.2, -0.15) is 0 Å². The SMILES string of the molecule is COc1cc2c(cc1OC)CN(C(=O)CC1NC(=O)N(c3ccccc3)C1=O)CC2. The van der Waals surface area contributed by atoms with Gasteiger partial charge in [-0.05, 0) is 41.8 Å². The first-order valence-electron chi connectivity index (χ1n) is 9.73. The number of imide groups is 1. The fourth-order valence-corrected chi connectivity index (χ4v) is 3.89. The van der Waals surface area contributed by atoms with Gasteiger partial charge < -0.3 is 19.7 Å². The Labute approximate surface area is 174 Å². The first-order chi connectivity index (χ1) is 14.5. The number of para-hydroxylation sites is 1. The smallest absolute Gasteiger partial charge is 0.329 e. The molecule has 0 saturated carbocycles. The van der Waals surface area contributed by atoms with Gasteiger partial charge in [0.05, 0.1) is 26.3 Å². The predicted molar refractivity (Wildman–Crippen MR) is 110 cm³/mol. The standard InChI is InChI=1S/C22H23N3O5/c1-29-18-10-14-8-9-24(13-15(14)11-19(18)30-2)20(26)12-17-21(27)25(22(28)23-17)16-6-4-3-5-7-16/h3-7,10-11,17H,8-9,12-13H2,1-2H3,(H,23,28). The fourth-order valence-electron chi connectivity index (χ4n) is 3.89. The molecule has 2 aliphatic rings. The summed E-state index contributed by atoms with van der Waals surface area (Å²) in [6.45, 7) is 0.963. The lowest BCUT2D eigenvalue weighted by Crippen LogP contribution is -2.41. The maximum Gasteiger partial charge on any atom is 0.329 e. The van der Waals surface area contributed by atoms with Crippen molar-refractivity contribution >= 4 is 23.5 Å². The first kappa shape index (κ1) is 19.8. The third kappa shape index (κ3) is 3.56. The zero-order chi connectivity index (χ0) is 21.3. The van der Waals surface area contributed by atoms with Crippen LogP contribution in [0.4, 0.5) is 10.5 Å². The van der Waals surface area contributed by atoms with Gasteiger partial charge in [-0.25, -0.2) is 9.69 Å². The van der Waals surface area contributed by atoms with Crippen LogP contribution in [-0.4, -0.2) is 49.6 Å². The summed E-state index contributed by atoms with van der Waals surface area (Å²) >= 11 is 0. The molecule has 0 bridgehead atoms. The van der Waals surface area contributed by atoms with E-state index < -0.39 is 18.0 Å². The second-order valence-electron chi connectivity index (χ2n) is 7.26. The highest BCUT2D eigenvalue weighted by molar-refractivity contribution is 6.22. The Morgan fingerprint density at radius 2 is 1.73 bits per heavy atom. The summed E-state index contributed by atoms with van der Waals surface area (Å²) in [5.74, 6) is 0.686. The van der Waals surface area contributed by atoms with E-state index in [0.29, 0.717) is 36.7 Å². The quantitative estimate of drug-likeness (QED) is 0.764. The number of rotatable bonds is 5. The number of anilines is 1. The van der Waals surface area contributed by atoms with Gasteiger partial charge in [-0.15, -0.1) is 0 Å². The van der Waals surface area contributed by atoms with Crippen LogP contribution < -0.4 is 19.7 Å². The largest absolute Gasteiger partial charge is 0.493 e. The zero-order valence-corrected chi connectivity index (χ0v) is 16.9. The van der Waals surface area contributed by atoms with E-state index in [4.69, 9.17) is 9.47 Å². The second kappa shape index (κ2) is 8.06. The molecule has 2 aromatic carbocycles. The molecule has 1 saturated heterocycles. The molecule has 0 radical (unpaired) electrons. The molecule has 8 nitrogen and oxygen atoms in total. The molecule has 156 valence electrons. The van der Waals surface area contributed by atoms with Crippen molar-refractivity contribution in [1.82, 2.24) is 10.2 Å². The van der Waals surface area contributed by atoms with Crippen LogP contribution in [0.1, 0.15) is 17.5 Å². The number of methoxy groups -OCH3 is 2. The molecule has 2 aromatic rings. The minimum absolute atomic E-state index is 0.0729. The lowest BCUT2D eigenvalue weighted by molar-refractivity contribution is -0.134. The maximum atomic E-state index is 12.9. The minimum Gasteiger partial charge on any atom is -0.493 e. The van der Waals surface area contributed by atoms with E-state index in [9.17, 15) is 14.4 Å². The average Bonchev–Trinajstić information content (AvgIpc) is 3.05. The number of fused-ring (bicyclic) bond motifs is 1. The van der Waals surface area contributed by atoms with Crippen molar-refractivity contribution in [3.05, 3.63) is 53.6 Å². The number of benzene rings is 2. The molecule has 1 N–H and O–H groups in total. The first-order valence-corrected chi connectivity index (χ1v) is 9.73. The van der Waals surface area contributed by atoms with Crippen molar-refractivity contribution in [2.75, 3.05) is 25.7 Å². The summed E-state index contributed by atoms with van der Waals surface area (Å²) in [6, 6.07) is 11.1. The number of carbonyl (C=O) groups excluding carboxylic acids is 3. The molecule has 2 heterocycles. The Bertz CT molecular complexity index is 992. The second-order valence-corrected chi connectivity index (χ2v) is 7.26. The number of nitrogens with zero attached hydrogens (tertiary/aromatic N) is 2. The Morgan fingerprint density at radius 1 is 1.07 bits per heavy atom. The van der Waals surface area contributed by atoms with Crippen LogP contribution in [0, 0.1) is 0 Å². The monoisotopic (exact) mass is 409 g/mol. The fraction of sp³-hybridized carbons (Fsp3) is 0.318. The number of urea groups is 1. The van der Waals surface area contributed by atoms with E-state index in [1.54, 1.807) is 43.4 Å². The summed E-state index contributed by atoms with van der Waals surface area (Å²) < 4.78 is 10.7. The molecule has 1 atom stereocenters. The number of amides is 4. The van der Waals surface area contributed by atoms with Crippen LogP contribution in [0.2, 0.25) is 0 Å². The van der Waals surface area contributed by atoms with Crippen molar-refractivity contribution in [3.63, 3.8) is 0 Å². The van der Waals surface area contributed by atoms with Gasteiger partial charge in [-0.1, -0.05) is 18.2 Å². The van der Waals surface area contributed by atoms with Crippen molar-refractivity contribution < 1.29 is 23.9 Å². The molecular weight excluding hydrogens is 386 g/mol. The average molecular weight is 409 g/mol. The van der Waals surface area contributed by atoms with Crippen LogP contribution in [0.15, 0.2) is 42.5 Å². The Hall–Kier alpha value is -3.55. The van der Waals surface area contributed by atoms with Crippen LogP contribution in [-0.2, 0) is 22.6 Å². The maximum absolute atomic E-state index is 12.9. The molecule has 0 aromatic heterocycles. The van der Waals surface area contributed by atoms with Crippen LogP contribution >= 0.6 is 0 Å². The number of hydrogen-bond acceptors (Lipinski definition) is 5. The Morgan fingerprint density at radius 3 is 2.40 bits per heavy atom. The van der Waals surface area contributed by atoms with Gasteiger partial charge in [0.25, 0.3) is 5.91 Å². The van der Waals surface area contributed by atoms with E-state index in [1.165, 1.54) is 0 Å². The Kier molecular flexibility index (Phi) is 5.31. The summed E-state index contributed by atoms with van der Waals surface area (Å²) in [7, 11) is 3.16. The highest BCUT2D eigenvalue weighted by Gasteiger charge is 2.40. The third-order valence-corrected chi connectivity index (χ3v) is 5.48. The number of ether oxygens (including phenoxy) is 2. The highest BCUT2D eigenvalue weighted by Crippen LogP contribution is 2.33. The number of carbonyl (C=O) groups is 3. The number of hydrogen-bond donors (Lipinski definition) is 1. The zero-order valence-electron chi connectivity index (χ0n) is 16.9. The molecule has 30 heavy (non-hydrogen) atoms. The Balaban J connectivity index is 1.45. The predicted octanol–water partition coefficient (Wildman–Crippen LogP) is 2.10. The normalized spacial score (nSPS) is 18.1. The van der Waals surface area contributed by atoms with Crippen LogP contribution in [0.25, 0.3) is 0 Å². The third-order valence-electron chi connectivity index (χ3n) is 5.48. The molecule has 0 aliphatic carbocycles. The van der Waals surface area contributed by atoms with E-state index >= 15 is 0 Å². The summed E-state index contributed by atoms with van der Waals surface area (Å²) in [5.41, 5.74) is 2.58. The van der Waals surface area contributed by atoms with Crippen LogP contribution in [0.3, 0.4) is 0 Å². The van der Waals surface area contributed by atoms with Gasteiger partial charge in [-0.3, -0.25) is 9.59 Å². The topological polar surface area (TPSA) is 88.2 Å². The van der Waals surface area contributed by atoms with E-state index in [2.05, 4.69) is 5.32 Å². The molecule has 1 fully saturated rings. The van der Waals surface area contributed by atoms with Crippen molar-refractivity contribution in [3.8, 4) is 11.5 Å². The van der Waals surface area contributed by atoms with E-state index in [-0.39, 0.29) is 12.3 Å². The van der Waals surface area contributed by atoms with Crippen LogP contribution in [0.5, 0.6) is 11.5 Å². The van der Waals surface area contributed by atoms with Gasteiger partial charge in [0.1, 0.15) is 6.04 Å². The molecule has 1 unspecified atom stereocenters. The van der Waals surface area contributed by atoms with Crippen molar-refractivity contribution in [2.45, 2.75) is 25.4 Å². The summed E-state index contributed by atoms with van der Waals surface area (Å²) in [6.07, 6.45) is 0.610. The lowest BCUT2D eigenvalue weighted by atomic mass is 9.98. The van der Waals surface area contributed by atoms with Gasteiger partial charge in [0.2, 0.25) is 5.91 Å². The molecule has 2 aliphatic heterocycles. The lowest BCUT2D eigenvalue weighted by Gasteiger charge is -2.30. The summed E-state index contributed by atoms with van der Waals surface area (Å²) in [4.78, 5) is 40.7. The van der Waals surface area contributed by atoms with Gasteiger partial charge in [0, 0.05) is 13.1 Å². The van der Waals surface area contributed by atoms with Crippen molar-refractivity contribution in [2.24, 2.45) is 0 Å². The molecule has 4 rings (SSSR count). The van der Waals surface area contributed by atoms with Crippen molar-refractivity contribution in [1.29, 1.82) is 0 Å². The van der Waals surface area contributed by atoms with Gasteiger partial charge >= 0.3 is 6.03 Å². The van der Waals surface area contributed by atoms with E-state index in [0.717, 1.165) is 16.0 Å². The minimum atomic E-state index is -0.864. The molecular formula is C22H23N3O5. The number of nitrogens with one attached hydrogen (secondary N) is 1.